The van der Waals surface area contributed by atoms with Crippen LogP contribution in [0, 0.1) is 16.7 Å². The molecule has 1 N–H and O–H groups in total. The minimum atomic E-state index is -0.957. The molecule has 3 atom stereocenters. The zero-order valence-corrected chi connectivity index (χ0v) is 8.08. The lowest BCUT2D eigenvalue weighted by Gasteiger charge is -2.38. The van der Waals surface area contributed by atoms with E-state index in [0.717, 1.165) is 12.8 Å². The third-order valence-electron chi connectivity index (χ3n) is 3.50. The second kappa shape index (κ2) is 2.46. The van der Waals surface area contributed by atoms with Gasteiger partial charge in [-0.1, -0.05) is 0 Å². The number of aliphatic hydroxyl groups is 1. The maximum absolute atomic E-state index is 9.99. The number of fused-ring (bicyclic) bond motifs is 2. The Morgan fingerprint density at radius 1 is 1.54 bits per heavy atom. The summed E-state index contributed by atoms with van der Waals surface area (Å²) in [4.78, 5) is 0. The van der Waals surface area contributed by atoms with E-state index in [-0.39, 0.29) is 12.2 Å². The lowest BCUT2D eigenvalue weighted by Crippen LogP contribution is -2.49. The van der Waals surface area contributed by atoms with Gasteiger partial charge >= 0.3 is 0 Å². The number of ether oxygens (including phenoxy) is 1. The van der Waals surface area contributed by atoms with Gasteiger partial charge in [-0.3, -0.25) is 0 Å². The van der Waals surface area contributed by atoms with Crippen molar-refractivity contribution in [1.82, 2.24) is 0 Å². The van der Waals surface area contributed by atoms with Crippen LogP contribution < -0.4 is 0 Å². The van der Waals surface area contributed by atoms with Crippen LogP contribution in [-0.2, 0) is 4.74 Å². The van der Waals surface area contributed by atoms with E-state index in [0.29, 0.717) is 6.42 Å². The van der Waals surface area contributed by atoms with Crippen molar-refractivity contribution in [1.29, 1.82) is 5.26 Å². The van der Waals surface area contributed by atoms with E-state index in [1.54, 1.807) is 13.8 Å². The van der Waals surface area contributed by atoms with Crippen LogP contribution in [0.25, 0.3) is 0 Å². The molecule has 0 aromatic heterocycles. The number of nitriles is 1. The van der Waals surface area contributed by atoms with E-state index < -0.39 is 11.0 Å². The standard InChI is InChI=1S/C10H15NO2/c1-9(2,12)10(6-11)5-7-3-4-8(10)13-7/h7-8,12H,3-5H2,1-2H3. The predicted molar refractivity (Wildman–Crippen MR) is 46.9 cm³/mol. The first kappa shape index (κ1) is 8.98. The summed E-state index contributed by atoms with van der Waals surface area (Å²) in [5, 5.41) is 19.2. The average Bonchev–Trinajstić information content (AvgIpc) is 2.60. The smallest absolute Gasteiger partial charge is 0.114 e. The second-order valence-electron chi connectivity index (χ2n) is 4.67. The summed E-state index contributed by atoms with van der Waals surface area (Å²) in [6.07, 6.45) is 2.81. The molecule has 2 rings (SSSR count). The van der Waals surface area contributed by atoms with Gasteiger partial charge in [0.25, 0.3) is 0 Å². The van der Waals surface area contributed by atoms with Crippen LogP contribution in [-0.4, -0.2) is 22.9 Å². The van der Waals surface area contributed by atoms with Crippen molar-refractivity contribution in [2.75, 3.05) is 0 Å². The molecule has 0 saturated carbocycles. The van der Waals surface area contributed by atoms with Crippen molar-refractivity contribution in [3.8, 4) is 6.07 Å². The molecular weight excluding hydrogens is 166 g/mol. The molecule has 3 unspecified atom stereocenters. The topological polar surface area (TPSA) is 53.2 Å². The third-order valence-corrected chi connectivity index (χ3v) is 3.50. The van der Waals surface area contributed by atoms with Crippen molar-refractivity contribution in [2.45, 2.75) is 50.9 Å². The molecular formula is C10H15NO2. The SMILES string of the molecule is CC(C)(O)C1(C#N)CC2CCC1O2. The first-order valence-corrected chi connectivity index (χ1v) is 4.79. The van der Waals surface area contributed by atoms with E-state index in [9.17, 15) is 10.4 Å². The summed E-state index contributed by atoms with van der Waals surface area (Å²) >= 11 is 0. The van der Waals surface area contributed by atoms with Gasteiger partial charge in [-0.05, 0) is 33.1 Å². The van der Waals surface area contributed by atoms with E-state index in [2.05, 4.69) is 6.07 Å². The van der Waals surface area contributed by atoms with Gasteiger partial charge in [-0.2, -0.15) is 5.26 Å². The number of nitrogens with zero attached hydrogens (tertiary/aromatic N) is 1. The summed E-state index contributed by atoms with van der Waals surface area (Å²) in [5.74, 6) is 0. The maximum atomic E-state index is 9.99. The van der Waals surface area contributed by atoms with Crippen LogP contribution in [0.3, 0.4) is 0 Å². The highest BCUT2D eigenvalue weighted by Gasteiger charge is 2.60. The van der Waals surface area contributed by atoms with E-state index >= 15 is 0 Å². The minimum Gasteiger partial charge on any atom is -0.389 e. The first-order chi connectivity index (χ1) is 5.99. The number of rotatable bonds is 1. The van der Waals surface area contributed by atoms with Crippen molar-refractivity contribution < 1.29 is 9.84 Å². The van der Waals surface area contributed by atoms with Gasteiger partial charge in [0, 0.05) is 0 Å². The highest BCUT2D eigenvalue weighted by molar-refractivity contribution is 5.18. The molecule has 3 nitrogen and oxygen atoms in total. The Morgan fingerprint density at radius 3 is 2.46 bits per heavy atom. The average molecular weight is 181 g/mol. The summed E-state index contributed by atoms with van der Waals surface area (Å²) in [6.45, 7) is 3.42. The molecule has 2 aliphatic heterocycles. The molecule has 3 heteroatoms. The highest BCUT2D eigenvalue weighted by atomic mass is 16.5. The van der Waals surface area contributed by atoms with Crippen molar-refractivity contribution in [2.24, 2.45) is 5.41 Å². The van der Waals surface area contributed by atoms with Crippen LogP contribution in [0.15, 0.2) is 0 Å². The summed E-state index contributed by atoms with van der Waals surface area (Å²) in [7, 11) is 0. The van der Waals surface area contributed by atoms with Crippen LogP contribution in [0.4, 0.5) is 0 Å². The fourth-order valence-corrected chi connectivity index (χ4v) is 2.61. The van der Waals surface area contributed by atoms with E-state index in [1.165, 1.54) is 0 Å². The van der Waals surface area contributed by atoms with Gasteiger partial charge in [0.2, 0.25) is 0 Å². The maximum Gasteiger partial charge on any atom is 0.114 e. The molecule has 0 aliphatic carbocycles. The Hall–Kier alpha value is -0.590. The van der Waals surface area contributed by atoms with E-state index in [4.69, 9.17) is 4.74 Å². The van der Waals surface area contributed by atoms with Crippen molar-refractivity contribution in [3.05, 3.63) is 0 Å². The largest absolute Gasteiger partial charge is 0.389 e. The Kier molecular flexibility index (Phi) is 1.70. The molecule has 0 amide bonds. The van der Waals surface area contributed by atoms with Gasteiger partial charge in [0.15, 0.2) is 0 Å². The van der Waals surface area contributed by atoms with Gasteiger partial charge in [0.1, 0.15) is 5.41 Å². The molecule has 2 saturated heterocycles. The zero-order valence-electron chi connectivity index (χ0n) is 8.08. The molecule has 0 radical (unpaired) electrons. The fraction of sp³-hybridized carbons (Fsp3) is 0.900. The van der Waals surface area contributed by atoms with Crippen LogP contribution in [0.5, 0.6) is 0 Å². The Bertz CT molecular complexity index is 263. The minimum absolute atomic E-state index is 0.0532. The molecule has 0 aromatic rings. The molecule has 72 valence electrons. The van der Waals surface area contributed by atoms with Crippen LogP contribution in [0.1, 0.15) is 33.1 Å². The molecule has 2 bridgehead atoms. The lowest BCUT2D eigenvalue weighted by atomic mass is 9.65. The Labute approximate surface area is 78.3 Å². The van der Waals surface area contributed by atoms with Crippen LogP contribution >= 0.6 is 0 Å². The first-order valence-electron chi connectivity index (χ1n) is 4.79. The van der Waals surface area contributed by atoms with Crippen LogP contribution in [0.2, 0.25) is 0 Å². The summed E-state index contributed by atoms with van der Waals surface area (Å²) in [5.41, 5.74) is -1.63. The molecule has 0 spiro atoms. The van der Waals surface area contributed by atoms with Gasteiger partial charge in [-0.15, -0.1) is 0 Å². The normalized spacial score (nSPS) is 43.5. The zero-order chi connectivity index (χ0) is 9.69. The van der Waals surface area contributed by atoms with Crippen molar-refractivity contribution >= 4 is 0 Å². The third kappa shape index (κ3) is 1.02. The van der Waals surface area contributed by atoms with Gasteiger partial charge < -0.3 is 9.84 Å². The Morgan fingerprint density at radius 2 is 2.23 bits per heavy atom. The Balaban J connectivity index is 2.34. The molecule has 2 heterocycles. The van der Waals surface area contributed by atoms with E-state index in [1.807, 2.05) is 0 Å². The predicted octanol–water partition coefficient (Wildman–Crippen LogP) is 1.22. The second-order valence-corrected chi connectivity index (χ2v) is 4.67. The molecule has 2 fully saturated rings. The monoisotopic (exact) mass is 181 g/mol. The quantitative estimate of drug-likeness (QED) is 0.661. The van der Waals surface area contributed by atoms with Gasteiger partial charge in [0.05, 0.1) is 23.9 Å². The molecule has 13 heavy (non-hydrogen) atoms. The molecule has 0 aromatic carbocycles. The summed E-state index contributed by atoms with van der Waals surface area (Å²) < 4.78 is 5.62. The summed E-state index contributed by atoms with van der Waals surface area (Å²) in [6, 6.07) is 2.27. The fourth-order valence-electron chi connectivity index (χ4n) is 2.61. The molecule has 2 aliphatic rings. The van der Waals surface area contributed by atoms with Gasteiger partial charge in [-0.25, -0.2) is 0 Å². The number of hydrogen-bond acceptors (Lipinski definition) is 3. The van der Waals surface area contributed by atoms with Crippen molar-refractivity contribution in [3.63, 3.8) is 0 Å². The number of hydrogen-bond donors (Lipinski definition) is 1. The highest BCUT2D eigenvalue weighted by Crippen LogP contribution is 2.52. The lowest BCUT2D eigenvalue weighted by molar-refractivity contribution is -0.0579.